The van der Waals surface area contributed by atoms with Crippen LogP contribution in [-0.2, 0) is 19.5 Å². The molecule has 0 aliphatic carbocycles. The molecule has 3 aromatic rings. The summed E-state index contributed by atoms with van der Waals surface area (Å²) in [6, 6.07) is 14.8. The molecule has 29 heavy (non-hydrogen) atoms. The van der Waals surface area contributed by atoms with Gasteiger partial charge in [0.2, 0.25) is 0 Å². The zero-order valence-corrected chi connectivity index (χ0v) is 17.4. The highest BCUT2D eigenvalue weighted by atomic mass is 16.5. The molecule has 2 N–H and O–H groups in total. The molecule has 3 rings (SSSR count). The fraction of sp³-hybridized carbons (Fsp3) is 0.304. The van der Waals surface area contributed by atoms with Gasteiger partial charge >= 0.3 is 0 Å². The van der Waals surface area contributed by atoms with E-state index in [9.17, 15) is 0 Å². The van der Waals surface area contributed by atoms with E-state index < -0.39 is 0 Å². The SMILES string of the molecule is CN=C(NCCc1cc(C)ccc1OC)NCc1ccc(Cn2ccnc2)cc1. The predicted octanol–water partition coefficient (Wildman–Crippen LogP) is 3.16. The van der Waals surface area contributed by atoms with Gasteiger partial charge in [0.15, 0.2) is 5.96 Å². The quantitative estimate of drug-likeness (QED) is 0.457. The number of rotatable bonds is 8. The van der Waals surface area contributed by atoms with Gasteiger partial charge in [-0.05, 0) is 36.1 Å². The van der Waals surface area contributed by atoms with E-state index in [0.717, 1.165) is 37.8 Å². The first-order valence-corrected chi connectivity index (χ1v) is 9.79. The Balaban J connectivity index is 1.46. The summed E-state index contributed by atoms with van der Waals surface area (Å²) in [4.78, 5) is 8.39. The number of imidazole rings is 1. The van der Waals surface area contributed by atoms with Gasteiger partial charge < -0.3 is 19.9 Å². The molecule has 0 unspecified atom stereocenters. The van der Waals surface area contributed by atoms with Crippen LogP contribution in [0.1, 0.15) is 22.3 Å². The molecule has 1 heterocycles. The Bertz CT molecular complexity index is 917. The minimum Gasteiger partial charge on any atom is -0.496 e. The number of hydrogen-bond donors (Lipinski definition) is 2. The molecule has 152 valence electrons. The van der Waals surface area contributed by atoms with Crippen molar-refractivity contribution in [3.05, 3.63) is 83.4 Å². The van der Waals surface area contributed by atoms with E-state index in [-0.39, 0.29) is 0 Å². The summed E-state index contributed by atoms with van der Waals surface area (Å²) < 4.78 is 7.51. The third-order valence-electron chi connectivity index (χ3n) is 4.75. The predicted molar refractivity (Wildman–Crippen MR) is 117 cm³/mol. The molecule has 0 bridgehead atoms. The Labute approximate surface area is 172 Å². The van der Waals surface area contributed by atoms with Crippen LogP contribution in [0, 0.1) is 6.92 Å². The summed E-state index contributed by atoms with van der Waals surface area (Å²) in [6.07, 6.45) is 6.47. The molecule has 0 amide bonds. The van der Waals surface area contributed by atoms with Crippen molar-refractivity contribution in [1.82, 2.24) is 20.2 Å². The van der Waals surface area contributed by atoms with E-state index in [0.29, 0.717) is 0 Å². The maximum absolute atomic E-state index is 5.45. The molecule has 0 radical (unpaired) electrons. The molecule has 0 fully saturated rings. The van der Waals surface area contributed by atoms with Crippen LogP contribution in [0.3, 0.4) is 0 Å². The van der Waals surface area contributed by atoms with Crippen molar-refractivity contribution >= 4 is 5.96 Å². The first kappa shape index (κ1) is 20.5. The average molecular weight is 392 g/mol. The van der Waals surface area contributed by atoms with Gasteiger partial charge in [-0.25, -0.2) is 4.98 Å². The lowest BCUT2D eigenvalue weighted by molar-refractivity contribution is 0.409. The largest absolute Gasteiger partial charge is 0.496 e. The first-order valence-electron chi connectivity index (χ1n) is 9.79. The third-order valence-corrected chi connectivity index (χ3v) is 4.75. The van der Waals surface area contributed by atoms with Crippen molar-refractivity contribution in [3.8, 4) is 5.75 Å². The molecule has 2 aromatic carbocycles. The van der Waals surface area contributed by atoms with Crippen molar-refractivity contribution in [2.45, 2.75) is 26.4 Å². The lowest BCUT2D eigenvalue weighted by Crippen LogP contribution is -2.37. The van der Waals surface area contributed by atoms with E-state index >= 15 is 0 Å². The van der Waals surface area contributed by atoms with Gasteiger partial charge in [-0.2, -0.15) is 0 Å². The lowest BCUT2D eigenvalue weighted by atomic mass is 10.1. The molecule has 0 atom stereocenters. The molecule has 0 saturated heterocycles. The fourth-order valence-corrected chi connectivity index (χ4v) is 3.18. The van der Waals surface area contributed by atoms with Crippen LogP contribution in [0.4, 0.5) is 0 Å². The highest BCUT2D eigenvalue weighted by Crippen LogP contribution is 2.19. The summed E-state index contributed by atoms with van der Waals surface area (Å²) >= 11 is 0. The van der Waals surface area contributed by atoms with E-state index in [1.807, 2.05) is 18.6 Å². The van der Waals surface area contributed by atoms with Crippen molar-refractivity contribution in [2.24, 2.45) is 4.99 Å². The summed E-state index contributed by atoms with van der Waals surface area (Å²) in [5.41, 5.74) is 4.90. The second kappa shape index (κ2) is 10.3. The van der Waals surface area contributed by atoms with Gasteiger partial charge in [0.25, 0.3) is 0 Å². The number of aliphatic imine (C=N–C) groups is 1. The number of nitrogens with one attached hydrogen (secondary N) is 2. The van der Waals surface area contributed by atoms with Gasteiger partial charge in [-0.1, -0.05) is 42.0 Å². The number of aryl methyl sites for hydroxylation is 1. The normalized spacial score (nSPS) is 11.3. The van der Waals surface area contributed by atoms with E-state index in [1.165, 1.54) is 22.3 Å². The second-order valence-electron chi connectivity index (χ2n) is 6.97. The molecule has 6 heteroatoms. The number of ether oxygens (including phenoxy) is 1. The molecular formula is C23H29N5O. The van der Waals surface area contributed by atoms with Crippen molar-refractivity contribution in [1.29, 1.82) is 0 Å². The number of benzene rings is 2. The summed E-state index contributed by atoms with van der Waals surface area (Å²) in [5.74, 6) is 1.72. The number of guanidine groups is 1. The maximum Gasteiger partial charge on any atom is 0.191 e. The van der Waals surface area contributed by atoms with Crippen LogP contribution in [0.2, 0.25) is 0 Å². The van der Waals surface area contributed by atoms with E-state index in [2.05, 4.69) is 68.5 Å². The minimum absolute atomic E-state index is 0.721. The highest BCUT2D eigenvalue weighted by Gasteiger charge is 2.04. The summed E-state index contributed by atoms with van der Waals surface area (Å²) in [5, 5.41) is 6.74. The van der Waals surface area contributed by atoms with Gasteiger partial charge in [-0.15, -0.1) is 0 Å². The Hall–Kier alpha value is -3.28. The number of hydrogen-bond acceptors (Lipinski definition) is 3. The summed E-state index contributed by atoms with van der Waals surface area (Å²) in [7, 11) is 3.50. The number of aromatic nitrogens is 2. The van der Waals surface area contributed by atoms with E-state index in [4.69, 9.17) is 4.74 Å². The molecule has 6 nitrogen and oxygen atoms in total. The zero-order valence-electron chi connectivity index (χ0n) is 17.4. The highest BCUT2D eigenvalue weighted by molar-refractivity contribution is 5.79. The van der Waals surface area contributed by atoms with Crippen LogP contribution in [0.25, 0.3) is 0 Å². The maximum atomic E-state index is 5.45. The molecule has 0 spiro atoms. The van der Waals surface area contributed by atoms with Gasteiger partial charge in [-0.3, -0.25) is 4.99 Å². The van der Waals surface area contributed by atoms with Gasteiger partial charge in [0, 0.05) is 39.1 Å². The Kier molecular flexibility index (Phi) is 7.28. The van der Waals surface area contributed by atoms with Crippen LogP contribution in [0.5, 0.6) is 5.75 Å². The van der Waals surface area contributed by atoms with Gasteiger partial charge in [0.05, 0.1) is 13.4 Å². The first-order chi connectivity index (χ1) is 14.2. The third kappa shape index (κ3) is 6.10. The Morgan fingerprint density at radius 3 is 2.59 bits per heavy atom. The zero-order chi connectivity index (χ0) is 20.5. The lowest BCUT2D eigenvalue weighted by Gasteiger charge is -2.14. The fourth-order valence-electron chi connectivity index (χ4n) is 3.18. The molecule has 0 aliphatic heterocycles. The number of nitrogens with zero attached hydrogens (tertiary/aromatic N) is 3. The average Bonchev–Trinajstić information content (AvgIpc) is 3.25. The van der Waals surface area contributed by atoms with Crippen molar-refractivity contribution < 1.29 is 4.74 Å². The Morgan fingerprint density at radius 2 is 1.90 bits per heavy atom. The van der Waals surface area contributed by atoms with Crippen LogP contribution in [0.15, 0.2) is 66.2 Å². The van der Waals surface area contributed by atoms with Crippen molar-refractivity contribution in [3.63, 3.8) is 0 Å². The van der Waals surface area contributed by atoms with Gasteiger partial charge in [0.1, 0.15) is 5.75 Å². The monoisotopic (exact) mass is 391 g/mol. The molecule has 0 aliphatic rings. The van der Waals surface area contributed by atoms with Crippen LogP contribution >= 0.6 is 0 Å². The summed E-state index contributed by atoms with van der Waals surface area (Å²) in [6.45, 7) is 4.43. The number of methoxy groups -OCH3 is 1. The van der Waals surface area contributed by atoms with Crippen molar-refractivity contribution in [2.75, 3.05) is 20.7 Å². The minimum atomic E-state index is 0.721. The smallest absolute Gasteiger partial charge is 0.191 e. The van der Waals surface area contributed by atoms with Crippen LogP contribution < -0.4 is 15.4 Å². The topological polar surface area (TPSA) is 63.5 Å². The molecular weight excluding hydrogens is 362 g/mol. The van der Waals surface area contributed by atoms with E-state index in [1.54, 1.807) is 20.4 Å². The Morgan fingerprint density at radius 1 is 1.10 bits per heavy atom. The molecule has 1 aromatic heterocycles. The standard InChI is InChI=1S/C23H29N5O/c1-18-4-9-22(29-3)21(14-18)10-11-26-23(24-2)27-15-19-5-7-20(8-6-19)16-28-13-12-25-17-28/h4-9,12-14,17H,10-11,15-16H2,1-3H3,(H2,24,26,27). The second-order valence-corrected chi connectivity index (χ2v) is 6.97. The van der Waals surface area contributed by atoms with Crippen LogP contribution in [-0.4, -0.2) is 36.2 Å². The molecule has 0 saturated carbocycles.